The Bertz CT molecular complexity index is 1050. The Balaban J connectivity index is 1.84. The van der Waals surface area contributed by atoms with E-state index in [1.54, 1.807) is 36.6 Å². The number of esters is 1. The maximum Gasteiger partial charge on any atom is 0.340 e. The molecule has 3 rings (SSSR count). The number of anilines is 1. The molecule has 1 aliphatic rings. The van der Waals surface area contributed by atoms with Crippen molar-refractivity contribution < 1.29 is 14.3 Å². The SMILES string of the molecule is CSc1nc(C2CC2)cc(C(=O)OC(C)C(=O)N(CCC#N)c2ccccc2)c1C#N. The Hall–Kier alpha value is -3.36. The third-order valence-electron chi connectivity index (χ3n) is 4.94. The van der Waals surface area contributed by atoms with E-state index in [1.807, 2.05) is 18.2 Å². The Kier molecular flexibility index (Phi) is 7.28. The molecule has 2 aromatic rings. The van der Waals surface area contributed by atoms with Crippen LogP contribution in [0.5, 0.6) is 0 Å². The number of aromatic nitrogens is 1. The largest absolute Gasteiger partial charge is 0.449 e. The number of hydrogen-bond donors (Lipinski definition) is 0. The molecule has 1 saturated carbocycles. The fraction of sp³-hybridized carbons (Fsp3) is 0.348. The van der Waals surface area contributed by atoms with Crippen LogP contribution in [0.1, 0.15) is 53.7 Å². The number of carbonyl (C=O) groups excluding carboxylic acids is 2. The summed E-state index contributed by atoms with van der Waals surface area (Å²) in [5.41, 5.74) is 1.68. The van der Waals surface area contributed by atoms with E-state index in [-0.39, 0.29) is 24.1 Å². The average Bonchev–Trinajstić information content (AvgIpc) is 3.64. The first-order valence-electron chi connectivity index (χ1n) is 9.93. The van der Waals surface area contributed by atoms with Crippen LogP contribution in [0, 0.1) is 22.7 Å². The lowest BCUT2D eigenvalue weighted by Gasteiger charge is -2.25. The van der Waals surface area contributed by atoms with E-state index in [9.17, 15) is 14.9 Å². The molecule has 1 aromatic carbocycles. The zero-order chi connectivity index (χ0) is 22.4. The molecule has 1 heterocycles. The van der Waals surface area contributed by atoms with Crippen LogP contribution >= 0.6 is 11.8 Å². The summed E-state index contributed by atoms with van der Waals surface area (Å²) >= 11 is 1.30. The molecule has 1 aromatic heterocycles. The van der Waals surface area contributed by atoms with Crippen LogP contribution in [0.15, 0.2) is 41.4 Å². The van der Waals surface area contributed by atoms with Gasteiger partial charge in [0.1, 0.15) is 11.1 Å². The molecule has 0 bridgehead atoms. The Labute approximate surface area is 185 Å². The first kappa shape index (κ1) is 22.3. The van der Waals surface area contributed by atoms with Gasteiger partial charge in [0.15, 0.2) is 6.10 Å². The van der Waals surface area contributed by atoms with Crippen molar-refractivity contribution in [2.24, 2.45) is 0 Å². The van der Waals surface area contributed by atoms with Crippen molar-refractivity contribution in [3.05, 3.63) is 53.2 Å². The van der Waals surface area contributed by atoms with E-state index in [0.717, 1.165) is 18.5 Å². The van der Waals surface area contributed by atoms with E-state index < -0.39 is 18.0 Å². The van der Waals surface area contributed by atoms with Gasteiger partial charge in [-0.3, -0.25) is 4.79 Å². The minimum Gasteiger partial charge on any atom is -0.449 e. The van der Waals surface area contributed by atoms with Gasteiger partial charge in [0.05, 0.1) is 23.6 Å². The minimum atomic E-state index is -1.09. The second-order valence-corrected chi connectivity index (χ2v) is 7.94. The molecule has 1 unspecified atom stereocenters. The summed E-state index contributed by atoms with van der Waals surface area (Å²) in [7, 11) is 0. The fourth-order valence-corrected chi connectivity index (χ4v) is 3.73. The summed E-state index contributed by atoms with van der Waals surface area (Å²) in [5, 5.41) is 19.0. The van der Waals surface area contributed by atoms with Crippen molar-refractivity contribution in [1.29, 1.82) is 10.5 Å². The molecular weight excluding hydrogens is 412 g/mol. The summed E-state index contributed by atoms with van der Waals surface area (Å²) in [6.45, 7) is 1.68. The molecule has 0 radical (unpaired) electrons. The Morgan fingerprint density at radius 2 is 2.00 bits per heavy atom. The molecule has 0 saturated heterocycles. The third kappa shape index (κ3) is 5.22. The maximum absolute atomic E-state index is 13.0. The van der Waals surface area contributed by atoms with Gasteiger partial charge in [0, 0.05) is 23.8 Å². The summed E-state index contributed by atoms with van der Waals surface area (Å²) in [5.74, 6) is -0.871. The van der Waals surface area contributed by atoms with E-state index in [1.165, 1.54) is 23.6 Å². The molecule has 7 nitrogen and oxygen atoms in total. The number of nitriles is 2. The smallest absolute Gasteiger partial charge is 0.340 e. The highest BCUT2D eigenvalue weighted by Crippen LogP contribution is 2.40. The number of rotatable bonds is 8. The van der Waals surface area contributed by atoms with Crippen molar-refractivity contribution in [1.82, 2.24) is 4.98 Å². The van der Waals surface area contributed by atoms with Crippen molar-refractivity contribution >= 4 is 29.3 Å². The van der Waals surface area contributed by atoms with Gasteiger partial charge < -0.3 is 9.64 Å². The molecule has 158 valence electrons. The van der Waals surface area contributed by atoms with Gasteiger partial charge in [-0.15, -0.1) is 11.8 Å². The van der Waals surface area contributed by atoms with E-state index in [2.05, 4.69) is 4.98 Å². The molecule has 0 N–H and O–H groups in total. The lowest BCUT2D eigenvalue weighted by molar-refractivity contribution is -0.126. The van der Waals surface area contributed by atoms with Crippen LogP contribution in [0.2, 0.25) is 0 Å². The van der Waals surface area contributed by atoms with Crippen LogP contribution in [-0.4, -0.2) is 35.8 Å². The second-order valence-electron chi connectivity index (χ2n) is 7.15. The Morgan fingerprint density at radius 3 is 2.58 bits per heavy atom. The molecule has 0 spiro atoms. The fourth-order valence-electron chi connectivity index (χ4n) is 3.18. The zero-order valence-corrected chi connectivity index (χ0v) is 18.2. The van der Waals surface area contributed by atoms with Crippen LogP contribution in [0.4, 0.5) is 5.69 Å². The van der Waals surface area contributed by atoms with Gasteiger partial charge in [-0.25, -0.2) is 9.78 Å². The van der Waals surface area contributed by atoms with E-state index in [4.69, 9.17) is 10.00 Å². The molecule has 1 aliphatic carbocycles. The van der Waals surface area contributed by atoms with Crippen LogP contribution in [0.25, 0.3) is 0 Å². The number of benzene rings is 1. The minimum absolute atomic E-state index is 0.131. The van der Waals surface area contributed by atoms with Crippen molar-refractivity contribution in [2.45, 2.75) is 43.2 Å². The number of ether oxygens (including phenoxy) is 1. The summed E-state index contributed by atoms with van der Waals surface area (Å²) < 4.78 is 5.48. The monoisotopic (exact) mass is 434 g/mol. The number of nitrogens with zero attached hydrogens (tertiary/aromatic N) is 4. The van der Waals surface area contributed by atoms with Crippen LogP contribution in [0.3, 0.4) is 0 Å². The molecular formula is C23H22N4O3S. The zero-order valence-electron chi connectivity index (χ0n) is 17.4. The lowest BCUT2D eigenvalue weighted by Crippen LogP contribution is -2.40. The van der Waals surface area contributed by atoms with Gasteiger partial charge in [-0.05, 0) is 44.2 Å². The maximum atomic E-state index is 13.0. The second kappa shape index (κ2) is 10.1. The summed E-state index contributed by atoms with van der Waals surface area (Å²) in [6, 6.07) is 14.6. The number of carbonyl (C=O) groups is 2. The van der Waals surface area contributed by atoms with Gasteiger partial charge in [-0.1, -0.05) is 18.2 Å². The normalized spacial score (nSPS) is 13.5. The number of amides is 1. The first-order valence-corrected chi connectivity index (χ1v) is 11.2. The average molecular weight is 435 g/mol. The highest BCUT2D eigenvalue weighted by molar-refractivity contribution is 7.98. The van der Waals surface area contributed by atoms with Gasteiger partial charge in [0.25, 0.3) is 5.91 Å². The number of pyridine rings is 1. The molecule has 1 amide bonds. The molecule has 31 heavy (non-hydrogen) atoms. The van der Waals surface area contributed by atoms with Crippen LogP contribution < -0.4 is 4.90 Å². The first-order chi connectivity index (χ1) is 15.0. The number of para-hydroxylation sites is 1. The van der Waals surface area contributed by atoms with Gasteiger partial charge in [0.2, 0.25) is 0 Å². The highest BCUT2D eigenvalue weighted by atomic mass is 32.2. The van der Waals surface area contributed by atoms with Crippen molar-refractivity contribution in [3.63, 3.8) is 0 Å². The van der Waals surface area contributed by atoms with E-state index in [0.29, 0.717) is 16.6 Å². The summed E-state index contributed by atoms with van der Waals surface area (Å²) in [4.78, 5) is 31.9. The quantitative estimate of drug-likeness (QED) is 0.456. The van der Waals surface area contributed by atoms with Gasteiger partial charge >= 0.3 is 5.97 Å². The predicted octanol–water partition coefficient (Wildman–Crippen LogP) is 4.04. The molecule has 1 atom stereocenters. The molecule has 1 fully saturated rings. The predicted molar refractivity (Wildman–Crippen MR) is 117 cm³/mol. The molecule has 8 heteroatoms. The lowest BCUT2D eigenvalue weighted by atomic mass is 10.1. The number of hydrogen-bond acceptors (Lipinski definition) is 7. The van der Waals surface area contributed by atoms with Crippen molar-refractivity contribution in [3.8, 4) is 12.1 Å². The third-order valence-corrected chi connectivity index (χ3v) is 5.62. The highest BCUT2D eigenvalue weighted by Gasteiger charge is 2.31. The summed E-state index contributed by atoms with van der Waals surface area (Å²) in [6.07, 6.45) is 2.86. The standard InChI is InChI=1S/C23H22N4O3S/c1-15(22(28)27(12-6-11-24)17-7-4-3-5-8-17)30-23(29)18-13-20(16-9-10-16)26-21(31-2)19(18)14-25/h3-5,7-8,13,15-16H,6,9-10,12H2,1-2H3. The van der Waals surface area contributed by atoms with Gasteiger partial charge in [-0.2, -0.15) is 10.5 Å². The van der Waals surface area contributed by atoms with Crippen molar-refractivity contribution in [2.75, 3.05) is 17.7 Å². The Morgan fingerprint density at radius 1 is 1.29 bits per heavy atom. The topological polar surface area (TPSA) is 107 Å². The number of thioether (sulfide) groups is 1. The molecule has 0 aliphatic heterocycles. The van der Waals surface area contributed by atoms with E-state index >= 15 is 0 Å². The van der Waals surface area contributed by atoms with Crippen LogP contribution in [-0.2, 0) is 9.53 Å².